The van der Waals surface area contributed by atoms with Crippen LogP contribution in [0.2, 0.25) is 0 Å². The molecule has 0 amide bonds. The molecular weight excluding hydrogens is 264 g/mol. The third kappa shape index (κ3) is 5.26. The van der Waals surface area contributed by atoms with E-state index in [9.17, 15) is 9.90 Å². The van der Waals surface area contributed by atoms with E-state index in [1.54, 1.807) is 0 Å². The first-order chi connectivity index (χ1) is 10.2. The van der Waals surface area contributed by atoms with Crippen LogP contribution in [0.15, 0.2) is 0 Å². The zero-order chi connectivity index (χ0) is 15.1. The second-order valence-corrected chi connectivity index (χ2v) is 6.87. The van der Waals surface area contributed by atoms with Crippen LogP contribution in [0.5, 0.6) is 0 Å². The lowest BCUT2D eigenvalue weighted by Gasteiger charge is -2.30. The molecule has 0 radical (unpaired) electrons. The van der Waals surface area contributed by atoms with Crippen molar-refractivity contribution in [3.63, 3.8) is 0 Å². The first-order valence-electron chi connectivity index (χ1n) is 8.89. The Hall–Kier alpha value is -0.610. The van der Waals surface area contributed by atoms with Crippen LogP contribution in [0.3, 0.4) is 0 Å². The SMILES string of the molecule is CCCN1CCCC(NCC2CCCCC2C(=O)O)CC1. The second-order valence-electron chi connectivity index (χ2n) is 6.87. The minimum Gasteiger partial charge on any atom is -0.481 e. The van der Waals surface area contributed by atoms with Gasteiger partial charge in [0.15, 0.2) is 0 Å². The van der Waals surface area contributed by atoms with Gasteiger partial charge in [0.25, 0.3) is 0 Å². The number of nitrogens with zero attached hydrogens (tertiary/aromatic N) is 1. The maximum Gasteiger partial charge on any atom is 0.306 e. The third-order valence-corrected chi connectivity index (χ3v) is 5.26. The van der Waals surface area contributed by atoms with Gasteiger partial charge in [-0.1, -0.05) is 19.8 Å². The number of rotatable bonds is 6. The number of likely N-dealkylation sites (tertiary alicyclic amines) is 1. The van der Waals surface area contributed by atoms with Gasteiger partial charge in [0.2, 0.25) is 0 Å². The summed E-state index contributed by atoms with van der Waals surface area (Å²) in [5.41, 5.74) is 0. The average molecular weight is 296 g/mol. The van der Waals surface area contributed by atoms with Crippen molar-refractivity contribution < 1.29 is 9.90 Å². The molecule has 1 heterocycles. The summed E-state index contributed by atoms with van der Waals surface area (Å²) in [7, 11) is 0. The Kier molecular flexibility index (Phi) is 6.97. The third-order valence-electron chi connectivity index (χ3n) is 5.26. The molecule has 0 bridgehead atoms. The molecule has 122 valence electrons. The lowest BCUT2D eigenvalue weighted by molar-refractivity contribution is -0.144. The molecule has 0 aromatic carbocycles. The highest BCUT2D eigenvalue weighted by Gasteiger charge is 2.31. The van der Waals surface area contributed by atoms with Gasteiger partial charge in [-0.2, -0.15) is 0 Å². The number of nitrogens with one attached hydrogen (secondary N) is 1. The molecule has 0 aromatic rings. The monoisotopic (exact) mass is 296 g/mol. The van der Waals surface area contributed by atoms with Crippen LogP contribution in [0.1, 0.15) is 58.3 Å². The summed E-state index contributed by atoms with van der Waals surface area (Å²) in [6, 6.07) is 0.586. The fourth-order valence-corrected chi connectivity index (χ4v) is 3.99. The van der Waals surface area contributed by atoms with Crippen molar-refractivity contribution in [2.45, 2.75) is 64.3 Å². The van der Waals surface area contributed by atoms with Crippen molar-refractivity contribution in [1.82, 2.24) is 10.2 Å². The van der Waals surface area contributed by atoms with Gasteiger partial charge in [0.1, 0.15) is 0 Å². The van der Waals surface area contributed by atoms with E-state index in [1.807, 2.05) is 0 Å². The fraction of sp³-hybridized carbons (Fsp3) is 0.941. The summed E-state index contributed by atoms with van der Waals surface area (Å²) in [4.78, 5) is 13.9. The highest BCUT2D eigenvalue weighted by Crippen LogP contribution is 2.30. The van der Waals surface area contributed by atoms with E-state index in [1.165, 1.54) is 51.7 Å². The molecule has 0 aromatic heterocycles. The van der Waals surface area contributed by atoms with Crippen LogP contribution in [0, 0.1) is 11.8 Å². The van der Waals surface area contributed by atoms with Gasteiger partial charge >= 0.3 is 5.97 Å². The maximum atomic E-state index is 11.4. The molecule has 1 aliphatic heterocycles. The van der Waals surface area contributed by atoms with Crippen molar-refractivity contribution >= 4 is 5.97 Å². The van der Waals surface area contributed by atoms with Crippen molar-refractivity contribution in [2.24, 2.45) is 11.8 Å². The highest BCUT2D eigenvalue weighted by molar-refractivity contribution is 5.70. The molecule has 0 spiro atoms. The van der Waals surface area contributed by atoms with Crippen LogP contribution in [-0.4, -0.2) is 48.2 Å². The molecule has 1 saturated heterocycles. The van der Waals surface area contributed by atoms with Gasteiger partial charge < -0.3 is 15.3 Å². The molecule has 3 atom stereocenters. The maximum absolute atomic E-state index is 11.4. The zero-order valence-corrected chi connectivity index (χ0v) is 13.5. The van der Waals surface area contributed by atoms with Crippen LogP contribution in [0.4, 0.5) is 0 Å². The molecule has 2 rings (SSSR count). The first kappa shape index (κ1) is 16.8. The summed E-state index contributed by atoms with van der Waals surface area (Å²) in [6.07, 6.45) is 9.20. The Morgan fingerprint density at radius 1 is 1.14 bits per heavy atom. The van der Waals surface area contributed by atoms with Crippen LogP contribution < -0.4 is 5.32 Å². The van der Waals surface area contributed by atoms with E-state index in [0.29, 0.717) is 12.0 Å². The molecule has 2 fully saturated rings. The normalized spacial score (nSPS) is 31.8. The van der Waals surface area contributed by atoms with Gasteiger partial charge in [-0.3, -0.25) is 4.79 Å². The molecule has 1 aliphatic carbocycles. The van der Waals surface area contributed by atoms with Crippen molar-refractivity contribution in [2.75, 3.05) is 26.2 Å². The molecule has 2 aliphatic rings. The molecule has 3 unspecified atom stereocenters. The minimum absolute atomic E-state index is 0.117. The second kappa shape index (κ2) is 8.74. The van der Waals surface area contributed by atoms with Crippen LogP contribution in [-0.2, 0) is 4.79 Å². The van der Waals surface area contributed by atoms with Crippen molar-refractivity contribution in [3.05, 3.63) is 0 Å². The molecule has 2 N–H and O–H groups in total. The fourth-order valence-electron chi connectivity index (χ4n) is 3.99. The average Bonchev–Trinajstić information content (AvgIpc) is 2.71. The lowest BCUT2D eigenvalue weighted by atomic mass is 9.79. The van der Waals surface area contributed by atoms with E-state index >= 15 is 0 Å². The van der Waals surface area contributed by atoms with Gasteiger partial charge in [0, 0.05) is 6.04 Å². The van der Waals surface area contributed by atoms with E-state index < -0.39 is 5.97 Å². The molecule has 4 nitrogen and oxygen atoms in total. The molecule has 1 saturated carbocycles. The van der Waals surface area contributed by atoms with E-state index in [-0.39, 0.29) is 5.92 Å². The number of hydrogen-bond donors (Lipinski definition) is 2. The van der Waals surface area contributed by atoms with Crippen molar-refractivity contribution in [1.29, 1.82) is 0 Å². The molecular formula is C17H32N2O2. The van der Waals surface area contributed by atoms with Crippen molar-refractivity contribution in [3.8, 4) is 0 Å². The predicted molar refractivity (Wildman–Crippen MR) is 85.5 cm³/mol. The number of carboxylic acids is 1. The largest absolute Gasteiger partial charge is 0.481 e. The number of carboxylic acid groups (broad SMARTS) is 1. The lowest BCUT2D eigenvalue weighted by Crippen LogP contribution is -2.39. The topological polar surface area (TPSA) is 52.6 Å². The Morgan fingerprint density at radius 2 is 1.95 bits per heavy atom. The first-order valence-corrected chi connectivity index (χ1v) is 8.89. The Bertz CT molecular complexity index is 322. The standard InChI is InChI=1S/C17H32N2O2/c1-2-10-19-11-5-7-15(9-12-19)18-13-14-6-3-4-8-16(14)17(20)21/h14-16,18H,2-13H2,1H3,(H,20,21). The van der Waals surface area contributed by atoms with Gasteiger partial charge in [-0.15, -0.1) is 0 Å². The van der Waals surface area contributed by atoms with Gasteiger partial charge in [-0.05, 0) is 70.6 Å². The van der Waals surface area contributed by atoms with E-state index in [0.717, 1.165) is 25.8 Å². The Labute approximate surface area is 129 Å². The van der Waals surface area contributed by atoms with Gasteiger partial charge in [0.05, 0.1) is 5.92 Å². The van der Waals surface area contributed by atoms with E-state index in [2.05, 4.69) is 17.1 Å². The summed E-state index contributed by atoms with van der Waals surface area (Å²) in [5.74, 6) is -0.364. The number of hydrogen-bond acceptors (Lipinski definition) is 3. The van der Waals surface area contributed by atoms with Crippen LogP contribution in [0.25, 0.3) is 0 Å². The molecule has 4 heteroatoms. The minimum atomic E-state index is -0.587. The predicted octanol–water partition coefficient (Wildman–Crippen LogP) is 2.73. The number of carbonyl (C=O) groups is 1. The quantitative estimate of drug-likeness (QED) is 0.791. The van der Waals surface area contributed by atoms with Crippen LogP contribution >= 0.6 is 0 Å². The number of aliphatic carboxylic acids is 1. The Morgan fingerprint density at radius 3 is 2.71 bits per heavy atom. The summed E-state index contributed by atoms with van der Waals surface area (Å²) in [5, 5.41) is 13.0. The summed E-state index contributed by atoms with van der Waals surface area (Å²) < 4.78 is 0. The summed E-state index contributed by atoms with van der Waals surface area (Å²) in [6.45, 7) is 6.79. The van der Waals surface area contributed by atoms with E-state index in [4.69, 9.17) is 0 Å². The molecule has 21 heavy (non-hydrogen) atoms. The Balaban J connectivity index is 1.75. The summed E-state index contributed by atoms with van der Waals surface area (Å²) >= 11 is 0. The zero-order valence-electron chi connectivity index (χ0n) is 13.5. The van der Waals surface area contributed by atoms with Gasteiger partial charge in [-0.25, -0.2) is 0 Å². The smallest absolute Gasteiger partial charge is 0.306 e. The highest BCUT2D eigenvalue weighted by atomic mass is 16.4.